The van der Waals surface area contributed by atoms with Gasteiger partial charge < -0.3 is 9.88 Å². The lowest BCUT2D eigenvalue weighted by Gasteiger charge is -2.24. The monoisotopic (exact) mass is 248 g/mol. The molecule has 0 radical (unpaired) electrons. The SMILES string of the molecule is CCn1c(C)nnc1C1NCCc2sccc21. The van der Waals surface area contributed by atoms with E-state index in [0.29, 0.717) is 0 Å². The maximum absolute atomic E-state index is 4.34. The molecule has 0 saturated carbocycles. The van der Waals surface area contributed by atoms with Gasteiger partial charge in [0.05, 0.1) is 6.04 Å². The van der Waals surface area contributed by atoms with Crippen LogP contribution in [0.15, 0.2) is 11.4 Å². The second kappa shape index (κ2) is 4.23. The van der Waals surface area contributed by atoms with Gasteiger partial charge in [-0.25, -0.2) is 0 Å². The fraction of sp³-hybridized carbons (Fsp3) is 0.500. The van der Waals surface area contributed by atoms with Crippen molar-refractivity contribution in [3.63, 3.8) is 0 Å². The van der Waals surface area contributed by atoms with E-state index in [1.165, 1.54) is 10.4 Å². The summed E-state index contributed by atoms with van der Waals surface area (Å²) in [4.78, 5) is 1.48. The summed E-state index contributed by atoms with van der Waals surface area (Å²) in [5, 5.41) is 14.3. The zero-order chi connectivity index (χ0) is 11.8. The standard InChI is InChI=1S/C12H16N4S/c1-3-16-8(2)14-15-12(16)11-9-5-7-17-10(9)4-6-13-11/h5,7,11,13H,3-4,6H2,1-2H3. The molecule has 1 unspecified atom stereocenters. The van der Waals surface area contributed by atoms with Gasteiger partial charge in [0.25, 0.3) is 0 Å². The predicted molar refractivity (Wildman–Crippen MR) is 68.3 cm³/mol. The molecule has 1 atom stereocenters. The minimum atomic E-state index is 0.214. The number of aryl methyl sites for hydroxylation is 1. The van der Waals surface area contributed by atoms with Crippen LogP contribution >= 0.6 is 11.3 Å². The Morgan fingerprint density at radius 2 is 2.41 bits per heavy atom. The highest BCUT2D eigenvalue weighted by molar-refractivity contribution is 7.10. The van der Waals surface area contributed by atoms with Crippen LogP contribution in [0.3, 0.4) is 0 Å². The Hall–Kier alpha value is -1.20. The Morgan fingerprint density at radius 1 is 1.53 bits per heavy atom. The highest BCUT2D eigenvalue weighted by Gasteiger charge is 2.26. The largest absolute Gasteiger partial charge is 0.314 e. The summed E-state index contributed by atoms with van der Waals surface area (Å²) in [6, 6.07) is 2.42. The quantitative estimate of drug-likeness (QED) is 0.882. The molecule has 0 aliphatic carbocycles. The third kappa shape index (κ3) is 1.70. The lowest BCUT2D eigenvalue weighted by Crippen LogP contribution is -2.31. The van der Waals surface area contributed by atoms with Gasteiger partial charge in [0.15, 0.2) is 5.82 Å². The van der Waals surface area contributed by atoms with E-state index >= 15 is 0 Å². The molecule has 1 N–H and O–H groups in total. The molecular formula is C12H16N4S. The molecule has 3 heterocycles. The van der Waals surface area contributed by atoms with Gasteiger partial charge >= 0.3 is 0 Å². The van der Waals surface area contributed by atoms with Crippen LogP contribution in [-0.2, 0) is 13.0 Å². The van der Waals surface area contributed by atoms with Crippen molar-refractivity contribution in [2.45, 2.75) is 32.9 Å². The first-order chi connectivity index (χ1) is 8.31. The number of hydrogen-bond acceptors (Lipinski definition) is 4. The molecule has 4 nitrogen and oxygen atoms in total. The summed E-state index contributed by atoms with van der Waals surface area (Å²) in [7, 11) is 0. The fourth-order valence-corrected chi connectivity index (χ4v) is 3.40. The van der Waals surface area contributed by atoms with Crippen LogP contribution in [-0.4, -0.2) is 21.3 Å². The summed E-state index contributed by atoms with van der Waals surface area (Å²) >= 11 is 1.85. The van der Waals surface area contributed by atoms with Crippen molar-refractivity contribution in [3.8, 4) is 0 Å². The number of rotatable bonds is 2. The molecule has 0 bridgehead atoms. The summed E-state index contributed by atoms with van der Waals surface area (Å²) in [5.41, 5.74) is 1.38. The average molecular weight is 248 g/mol. The first-order valence-corrected chi connectivity index (χ1v) is 6.88. The Balaban J connectivity index is 2.06. The Labute approximate surface area is 105 Å². The number of aromatic nitrogens is 3. The van der Waals surface area contributed by atoms with E-state index in [1.54, 1.807) is 0 Å². The Kier molecular flexibility index (Phi) is 2.72. The molecule has 2 aromatic rings. The highest BCUT2D eigenvalue weighted by atomic mass is 32.1. The molecule has 0 saturated heterocycles. The first-order valence-electron chi connectivity index (χ1n) is 6.00. The molecule has 1 aliphatic rings. The Bertz CT molecular complexity index is 528. The van der Waals surface area contributed by atoms with Crippen LogP contribution in [0.4, 0.5) is 0 Å². The molecule has 0 fully saturated rings. The van der Waals surface area contributed by atoms with Gasteiger partial charge in [0, 0.05) is 18.0 Å². The average Bonchev–Trinajstić information content (AvgIpc) is 2.94. The molecular weight excluding hydrogens is 232 g/mol. The lowest BCUT2D eigenvalue weighted by atomic mass is 10.0. The number of nitrogens with zero attached hydrogens (tertiary/aromatic N) is 3. The fourth-order valence-electron chi connectivity index (χ4n) is 2.48. The van der Waals surface area contributed by atoms with Gasteiger partial charge in [0.1, 0.15) is 5.82 Å². The zero-order valence-corrected chi connectivity index (χ0v) is 10.9. The van der Waals surface area contributed by atoms with Crippen LogP contribution in [0.2, 0.25) is 0 Å². The van der Waals surface area contributed by atoms with Gasteiger partial charge in [-0.3, -0.25) is 0 Å². The van der Waals surface area contributed by atoms with Gasteiger partial charge in [0.2, 0.25) is 0 Å². The second-order valence-electron chi connectivity index (χ2n) is 4.29. The van der Waals surface area contributed by atoms with Gasteiger partial charge in [-0.15, -0.1) is 21.5 Å². The predicted octanol–water partition coefficient (Wildman–Crippen LogP) is 1.90. The zero-order valence-electron chi connectivity index (χ0n) is 10.1. The van der Waals surface area contributed by atoms with Crippen LogP contribution in [0.25, 0.3) is 0 Å². The summed E-state index contributed by atoms with van der Waals surface area (Å²) < 4.78 is 2.18. The van der Waals surface area contributed by atoms with Crippen molar-refractivity contribution in [3.05, 3.63) is 33.5 Å². The van der Waals surface area contributed by atoms with E-state index < -0.39 is 0 Å². The number of hydrogen-bond donors (Lipinski definition) is 1. The second-order valence-corrected chi connectivity index (χ2v) is 5.29. The van der Waals surface area contributed by atoms with Crippen molar-refractivity contribution in [1.29, 1.82) is 0 Å². The van der Waals surface area contributed by atoms with Gasteiger partial charge in [-0.2, -0.15) is 0 Å². The molecule has 90 valence electrons. The maximum atomic E-state index is 4.34. The topological polar surface area (TPSA) is 42.7 Å². The van der Waals surface area contributed by atoms with Gasteiger partial charge in [-0.05, 0) is 37.3 Å². The summed E-state index contributed by atoms with van der Waals surface area (Å²) in [6.45, 7) is 6.09. The van der Waals surface area contributed by atoms with Crippen molar-refractivity contribution >= 4 is 11.3 Å². The third-order valence-electron chi connectivity index (χ3n) is 3.33. The van der Waals surface area contributed by atoms with Crippen molar-refractivity contribution in [2.24, 2.45) is 0 Å². The molecule has 3 rings (SSSR count). The molecule has 0 amide bonds. The van der Waals surface area contributed by atoms with E-state index in [-0.39, 0.29) is 6.04 Å². The minimum Gasteiger partial charge on any atom is -0.314 e. The summed E-state index contributed by atoms with van der Waals surface area (Å²) in [6.07, 6.45) is 1.13. The molecule has 0 spiro atoms. The normalized spacial score (nSPS) is 19.3. The van der Waals surface area contributed by atoms with Crippen LogP contribution in [0.5, 0.6) is 0 Å². The van der Waals surface area contributed by atoms with Crippen LogP contribution in [0, 0.1) is 6.92 Å². The van der Waals surface area contributed by atoms with Crippen molar-refractivity contribution in [1.82, 2.24) is 20.1 Å². The van der Waals surface area contributed by atoms with Crippen molar-refractivity contribution < 1.29 is 0 Å². The van der Waals surface area contributed by atoms with Crippen LogP contribution in [0.1, 0.15) is 35.1 Å². The lowest BCUT2D eigenvalue weighted by molar-refractivity contribution is 0.520. The maximum Gasteiger partial charge on any atom is 0.154 e. The van der Waals surface area contributed by atoms with E-state index in [2.05, 4.69) is 38.5 Å². The minimum absolute atomic E-state index is 0.214. The van der Waals surface area contributed by atoms with Crippen LogP contribution < -0.4 is 5.32 Å². The van der Waals surface area contributed by atoms with E-state index in [4.69, 9.17) is 0 Å². The molecule has 0 aromatic carbocycles. The van der Waals surface area contributed by atoms with E-state index in [9.17, 15) is 0 Å². The molecule has 17 heavy (non-hydrogen) atoms. The first kappa shape index (κ1) is 10.9. The van der Waals surface area contributed by atoms with Gasteiger partial charge in [-0.1, -0.05) is 0 Å². The number of fused-ring (bicyclic) bond motifs is 1. The third-order valence-corrected chi connectivity index (χ3v) is 4.33. The Morgan fingerprint density at radius 3 is 3.24 bits per heavy atom. The number of nitrogens with one attached hydrogen (secondary N) is 1. The molecule has 2 aromatic heterocycles. The number of thiophene rings is 1. The molecule has 1 aliphatic heterocycles. The smallest absolute Gasteiger partial charge is 0.154 e. The van der Waals surface area contributed by atoms with Crippen molar-refractivity contribution in [2.75, 3.05) is 6.54 Å². The van der Waals surface area contributed by atoms with E-state index in [0.717, 1.165) is 31.2 Å². The van der Waals surface area contributed by atoms with E-state index in [1.807, 2.05) is 18.3 Å². The summed E-state index contributed by atoms with van der Waals surface area (Å²) in [5.74, 6) is 2.04. The molecule has 5 heteroatoms. The highest BCUT2D eigenvalue weighted by Crippen LogP contribution is 2.31.